The number of rotatable bonds is 2. The van der Waals surface area contributed by atoms with Crippen molar-refractivity contribution >= 4 is 0 Å². The Morgan fingerprint density at radius 2 is 1.73 bits per heavy atom. The molecule has 0 aliphatic heterocycles. The molecular weight excluding hydrogens is 188 g/mol. The van der Waals surface area contributed by atoms with Gasteiger partial charge in [0.25, 0.3) is 0 Å². The van der Waals surface area contributed by atoms with Gasteiger partial charge in [-0.15, -0.1) is 0 Å². The third-order valence-electron chi connectivity index (χ3n) is 3.09. The average Bonchev–Trinajstić information content (AvgIpc) is 1.98. The lowest BCUT2D eigenvalue weighted by Gasteiger charge is -2.38. The predicted molar refractivity (Wildman–Crippen MR) is 62.6 cm³/mol. The normalized spacial score (nSPS) is 30.7. The first-order valence-corrected chi connectivity index (χ1v) is 5.88. The summed E-state index contributed by atoms with van der Waals surface area (Å²) in [4.78, 5) is 0. The van der Waals surface area contributed by atoms with Crippen LogP contribution in [0.4, 0.5) is 0 Å². The Bertz CT molecular complexity index is 225. The molecule has 0 saturated heterocycles. The Kier molecular flexibility index (Phi) is 3.96. The lowest BCUT2D eigenvalue weighted by molar-refractivity contribution is 0.0357. The van der Waals surface area contributed by atoms with Gasteiger partial charge in [-0.05, 0) is 36.2 Å². The van der Waals surface area contributed by atoms with Crippen molar-refractivity contribution in [2.45, 2.75) is 59.2 Å². The van der Waals surface area contributed by atoms with Crippen LogP contribution in [0.3, 0.4) is 0 Å². The molecule has 0 heterocycles. The lowest BCUT2D eigenvalue weighted by Crippen LogP contribution is -2.37. The summed E-state index contributed by atoms with van der Waals surface area (Å²) in [6.45, 7) is 8.47. The molecule has 2 nitrogen and oxygen atoms in total. The Labute approximate surface area is 93.0 Å². The van der Waals surface area contributed by atoms with Gasteiger partial charge in [0, 0.05) is 0 Å². The predicted octanol–water partition coefficient (Wildman–Crippen LogP) is 2.50. The van der Waals surface area contributed by atoms with Gasteiger partial charge in [0.2, 0.25) is 0 Å². The highest BCUT2D eigenvalue weighted by Gasteiger charge is 2.35. The maximum Gasteiger partial charge on any atom is 0.0780 e. The molecule has 2 N–H and O–H groups in total. The van der Waals surface area contributed by atoms with Gasteiger partial charge in [0.15, 0.2) is 0 Å². The number of aliphatic hydroxyl groups is 2. The van der Waals surface area contributed by atoms with E-state index in [1.54, 1.807) is 0 Å². The number of hydrogen-bond acceptors (Lipinski definition) is 2. The first kappa shape index (κ1) is 12.7. The zero-order chi connectivity index (χ0) is 11.6. The van der Waals surface area contributed by atoms with E-state index in [-0.39, 0.29) is 5.41 Å². The Hall–Kier alpha value is -0.340. The van der Waals surface area contributed by atoms with Gasteiger partial charge in [-0.25, -0.2) is 0 Å². The molecule has 1 aliphatic carbocycles. The number of allylic oxidation sites excluding steroid dienone is 1. The fraction of sp³-hybridized carbons (Fsp3) is 0.846. The first-order chi connectivity index (χ1) is 6.82. The van der Waals surface area contributed by atoms with Gasteiger partial charge in [-0.1, -0.05) is 33.8 Å². The molecule has 1 saturated carbocycles. The molecule has 0 bridgehead atoms. The van der Waals surface area contributed by atoms with Crippen LogP contribution in [0, 0.1) is 11.3 Å². The van der Waals surface area contributed by atoms with E-state index in [1.807, 2.05) is 6.08 Å². The summed E-state index contributed by atoms with van der Waals surface area (Å²) in [5.74, 6) is 0.576. The van der Waals surface area contributed by atoms with Crippen molar-refractivity contribution in [1.29, 1.82) is 0 Å². The van der Waals surface area contributed by atoms with Crippen molar-refractivity contribution in [1.82, 2.24) is 0 Å². The van der Waals surface area contributed by atoms with Gasteiger partial charge in [-0.3, -0.25) is 0 Å². The molecule has 0 aromatic rings. The van der Waals surface area contributed by atoms with Gasteiger partial charge < -0.3 is 10.2 Å². The molecule has 0 amide bonds. The highest BCUT2D eigenvalue weighted by atomic mass is 16.3. The quantitative estimate of drug-likeness (QED) is 0.690. The second-order valence-corrected chi connectivity index (χ2v) is 5.94. The zero-order valence-corrected chi connectivity index (χ0v) is 10.3. The Morgan fingerprint density at radius 3 is 2.13 bits per heavy atom. The topological polar surface area (TPSA) is 40.5 Å². The summed E-state index contributed by atoms with van der Waals surface area (Å²) in [6, 6.07) is 0. The van der Waals surface area contributed by atoms with Crippen LogP contribution in [-0.4, -0.2) is 22.4 Å². The van der Waals surface area contributed by atoms with E-state index in [4.69, 9.17) is 0 Å². The first-order valence-electron chi connectivity index (χ1n) is 5.88. The fourth-order valence-electron chi connectivity index (χ4n) is 2.23. The van der Waals surface area contributed by atoms with E-state index in [1.165, 1.54) is 0 Å². The van der Waals surface area contributed by atoms with Gasteiger partial charge >= 0.3 is 0 Å². The summed E-state index contributed by atoms with van der Waals surface area (Å²) in [5, 5.41) is 19.9. The smallest absolute Gasteiger partial charge is 0.0780 e. The molecule has 15 heavy (non-hydrogen) atoms. The minimum absolute atomic E-state index is 0.0496. The second kappa shape index (κ2) is 4.67. The summed E-state index contributed by atoms with van der Waals surface area (Å²) < 4.78 is 0. The average molecular weight is 212 g/mol. The van der Waals surface area contributed by atoms with Crippen molar-refractivity contribution in [2.24, 2.45) is 11.3 Å². The van der Waals surface area contributed by atoms with Crippen LogP contribution < -0.4 is 0 Å². The largest absolute Gasteiger partial charge is 0.389 e. The fourth-order valence-corrected chi connectivity index (χ4v) is 2.23. The molecule has 2 heteroatoms. The minimum Gasteiger partial charge on any atom is -0.389 e. The molecule has 0 aromatic carbocycles. The maximum absolute atomic E-state index is 9.96. The summed E-state index contributed by atoms with van der Waals surface area (Å²) >= 11 is 0. The van der Waals surface area contributed by atoms with Crippen LogP contribution in [-0.2, 0) is 0 Å². The molecule has 1 aliphatic rings. The summed E-state index contributed by atoms with van der Waals surface area (Å²) in [7, 11) is 0. The van der Waals surface area contributed by atoms with E-state index >= 15 is 0 Å². The van der Waals surface area contributed by atoms with Crippen molar-refractivity contribution in [3.8, 4) is 0 Å². The zero-order valence-electron chi connectivity index (χ0n) is 10.3. The monoisotopic (exact) mass is 212 g/mol. The summed E-state index contributed by atoms with van der Waals surface area (Å²) in [6.07, 6.45) is 3.56. The highest BCUT2D eigenvalue weighted by Crippen LogP contribution is 2.38. The lowest BCUT2D eigenvalue weighted by atomic mass is 9.72. The van der Waals surface area contributed by atoms with E-state index in [2.05, 4.69) is 27.7 Å². The molecule has 2 atom stereocenters. The molecule has 1 rings (SSSR count). The van der Waals surface area contributed by atoms with Crippen molar-refractivity contribution in [2.75, 3.05) is 0 Å². The molecule has 0 radical (unpaired) electrons. The van der Waals surface area contributed by atoms with Crippen LogP contribution in [0.2, 0.25) is 0 Å². The van der Waals surface area contributed by atoms with Crippen LogP contribution in [0.15, 0.2) is 11.6 Å². The van der Waals surface area contributed by atoms with Crippen LogP contribution >= 0.6 is 0 Å². The molecular formula is C13H24O2. The minimum atomic E-state index is -0.456. The standard InChI is InChI=1S/C13H24O2/c1-9(2)5-6-10-11(14)7-13(3,4)8-12(10)15/h6,9,11-12,14-15H,5,7-8H2,1-4H3. The van der Waals surface area contributed by atoms with Crippen molar-refractivity contribution in [3.63, 3.8) is 0 Å². The molecule has 0 aromatic heterocycles. The molecule has 1 fully saturated rings. The van der Waals surface area contributed by atoms with E-state index in [0.717, 1.165) is 24.8 Å². The number of hydrogen-bond donors (Lipinski definition) is 2. The second-order valence-electron chi connectivity index (χ2n) is 5.94. The van der Waals surface area contributed by atoms with Crippen molar-refractivity contribution in [3.05, 3.63) is 11.6 Å². The SMILES string of the molecule is CC(C)CC=C1C(O)CC(C)(C)CC1O. The number of aliphatic hydroxyl groups excluding tert-OH is 2. The van der Waals surface area contributed by atoms with Gasteiger partial charge in [0.1, 0.15) is 0 Å². The van der Waals surface area contributed by atoms with Crippen molar-refractivity contribution < 1.29 is 10.2 Å². The molecule has 88 valence electrons. The van der Waals surface area contributed by atoms with E-state index < -0.39 is 12.2 Å². The van der Waals surface area contributed by atoms with Crippen LogP contribution in [0.1, 0.15) is 47.0 Å². The Morgan fingerprint density at radius 1 is 1.27 bits per heavy atom. The molecule has 2 unspecified atom stereocenters. The highest BCUT2D eigenvalue weighted by molar-refractivity contribution is 5.18. The molecule has 0 spiro atoms. The summed E-state index contributed by atoms with van der Waals surface area (Å²) in [5.41, 5.74) is 0.886. The van der Waals surface area contributed by atoms with E-state index in [0.29, 0.717) is 5.92 Å². The Balaban J connectivity index is 2.70. The van der Waals surface area contributed by atoms with E-state index in [9.17, 15) is 10.2 Å². The van der Waals surface area contributed by atoms with Crippen LogP contribution in [0.25, 0.3) is 0 Å². The maximum atomic E-state index is 9.96. The van der Waals surface area contributed by atoms with Gasteiger partial charge in [0.05, 0.1) is 12.2 Å². The van der Waals surface area contributed by atoms with Crippen LogP contribution in [0.5, 0.6) is 0 Å². The third kappa shape index (κ3) is 3.62. The third-order valence-corrected chi connectivity index (χ3v) is 3.09. The van der Waals surface area contributed by atoms with Gasteiger partial charge in [-0.2, -0.15) is 0 Å².